The van der Waals surface area contributed by atoms with E-state index in [4.69, 9.17) is 0 Å². The summed E-state index contributed by atoms with van der Waals surface area (Å²) in [7, 11) is 0. The molecular weight excluding hydrogens is 363 g/mol. The number of hydrogen-bond donors (Lipinski definition) is 0. The van der Waals surface area contributed by atoms with Crippen molar-refractivity contribution in [1.82, 2.24) is 19.6 Å². The number of carbonyl (C=O) groups is 1. The summed E-state index contributed by atoms with van der Waals surface area (Å²) in [6.45, 7) is 8.66. The fourth-order valence-electron chi connectivity index (χ4n) is 3.56. The van der Waals surface area contributed by atoms with E-state index in [1.165, 1.54) is 23.5 Å². The number of aromatic nitrogens is 2. The maximum atomic E-state index is 13.2. The number of benzene rings is 1. The number of fused-ring (bicyclic) bond motifs is 1. The van der Waals surface area contributed by atoms with E-state index < -0.39 is 0 Å². The monoisotopic (exact) mass is 386 g/mol. The maximum absolute atomic E-state index is 13.2. The molecule has 0 N–H and O–H groups in total. The number of aryl methyl sites for hydroxylation is 1. The molecule has 1 saturated heterocycles. The van der Waals surface area contributed by atoms with Crippen LogP contribution in [0.2, 0.25) is 0 Å². The highest BCUT2D eigenvalue weighted by Gasteiger charge is 2.23. The molecule has 0 radical (unpaired) electrons. The van der Waals surface area contributed by atoms with Gasteiger partial charge in [-0.05, 0) is 56.8 Å². The van der Waals surface area contributed by atoms with Crippen molar-refractivity contribution in [2.75, 3.05) is 32.7 Å². The van der Waals surface area contributed by atoms with Crippen molar-refractivity contribution in [3.05, 3.63) is 46.7 Å². The number of rotatable bonds is 3. The third-order valence-corrected chi connectivity index (χ3v) is 6.25. The van der Waals surface area contributed by atoms with Crippen LogP contribution < -0.4 is 0 Å². The van der Waals surface area contributed by atoms with Gasteiger partial charge in [0.15, 0.2) is 0 Å². The number of nitrogens with zero attached hydrogens (tertiary/aromatic N) is 4. The zero-order valence-corrected chi connectivity index (χ0v) is 16.4. The average molecular weight is 386 g/mol. The molecule has 1 aliphatic heterocycles. The Balaban J connectivity index is 1.64. The Labute approximate surface area is 162 Å². The zero-order valence-electron chi connectivity index (χ0n) is 15.6. The van der Waals surface area contributed by atoms with E-state index in [2.05, 4.69) is 16.9 Å². The smallest absolute Gasteiger partial charge is 0.264 e. The number of likely N-dealkylation sites (N-methyl/N-ethyl adjacent to an activating group) is 1. The van der Waals surface area contributed by atoms with Gasteiger partial charge >= 0.3 is 0 Å². The fourth-order valence-corrected chi connectivity index (χ4v) is 4.71. The topological polar surface area (TPSA) is 41.4 Å². The lowest BCUT2D eigenvalue weighted by atomic mass is 10.3. The molecule has 0 bridgehead atoms. The summed E-state index contributed by atoms with van der Waals surface area (Å²) >= 11 is 1.46. The van der Waals surface area contributed by atoms with Crippen LogP contribution in [0.1, 0.15) is 28.7 Å². The highest BCUT2D eigenvalue weighted by Crippen LogP contribution is 2.31. The summed E-state index contributed by atoms with van der Waals surface area (Å²) < 4.78 is 15.0. The highest BCUT2D eigenvalue weighted by atomic mass is 32.1. The molecule has 1 aliphatic rings. The average Bonchev–Trinajstić information content (AvgIpc) is 3.13. The third kappa shape index (κ3) is 3.49. The lowest BCUT2D eigenvalue weighted by Gasteiger charge is -2.20. The van der Waals surface area contributed by atoms with Crippen LogP contribution >= 0.6 is 11.3 Å². The summed E-state index contributed by atoms with van der Waals surface area (Å²) in [5, 5.41) is 5.56. The molecule has 1 aromatic carbocycles. The van der Waals surface area contributed by atoms with E-state index in [1.807, 2.05) is 17.9 Å². The van der Waals surface area contributed by atoms with E-state index in [-0.39, 0.29) is 11.7 Å². The Hall–Kier alpha value is -2.25. The molecule has 0 spiro atoms. The van der Waals surface area contributed by atoms with E-state index in [1.54, 1.807) is 16.8 Å². The van der Waals surface area contributed by atoms with Crippen LogP contribution in [0.3, 0.4) is 0 Å². The molecule has 0 saturated carbocycles. The number of halogens is 1. The molecule has 7 heteroatoms. The molecule has 3 heterocycles. The van der Waals surface area contributed by atoms with Gasteiger partial charge in [0, 0.05) is 25.0 Å². The van der Waals surface area contributed by atoms with Crippen molar-refractivity contribution < 1.29 is 9.18 Å². The standard InChI is InChI=1S/C20H23FN4OS/c1-3-23-9-4-10-24(12-11-23)19(26)18-13-17-14(2)22-25(20(17)27-18)16-7-5-15(21)6-8-16/h5-8,13H,3-4,9-12H2,1-2H3. The van der Waals surface area contributed by atoms with Crippen molar-refractivity contribution >= 4 is 27.5 Å². The van der Waals surface area contributed by atoms with Gasteiger partial charge in [0.25, 0.3) is 5.91 Å². The molecule has 0 unspecified atom stereocenters. The summed E-state index contributed by atoms with van der Waals surface area (Å²) in [4.78, 5) is 19.1. The van der Waals surface area contributed by atoms with Gasteiger partial charge in [-0.1, -0.05) is 6.92 Å². The van der Waals surface area contributed by atoms with Crippen molar-refractivity contribution in [1.29, 1.82) is 0 Å². The van der Waals surface area contributed by atoms with Crippen LogP contribution in [0.4, 0.5) is 4.39 Å². The Kier molecular flexibility index (Phi) is 4.97. The first-order valence-corrected chi connectivity index (χ1v) is 10.1. The lowest BCUT2D eigenvalue weighted by Crippen LogP contribution is -2.34. The number of hydrogen-bond acceptors (Lipinski definition) is 4. The quantitative estimate of drug-likeness (QED) is 0.689. The van der Waals surface area contributed by atoms with Crippen LogP contribution in [-0.2, 0) is 0 Å². The van der Waals surface area contributed by atoms with Gasteiger partial charge in [-0.3, -0.25) is 4.79 Å². The molecule has 2 aromatic heterocycles. The highest BCUT2D eigenvalue weighted by molar-refractivity contribution is 7.20. The molecule has 4 rings (SSSR count). The van der Waals surface area contributed by atoms with E-state index in [9.17, 15) is 9.18 Å². The second-order valence-electron chi connectivity index (χ2n) is 6.88. The summed E-state index contributed by atoms with van der Waals surface area (Å²) in [5.74, 6) is -0.178. The molecule has 0 atom stereocenters. The predicted molar refractivity (Wildman–Crippen MR) is 106 cm³/mol. The van der Waals surface area contributed by atoms with E-state index in [0.717, 1.165) is 65.6 Å². The van der Waals surface area contributed by atoms with Crippen LogP contribution in [0.5, 0.6) is 0 Å². The third-order valence-electron chi connectivity index (χ3n) is 5.15. The van der Waals surface area contributed by atoms with Gasteiger partial charge in [0.1, 0.15) is 10.6 Å². The normalized spacial score (nSPS) is 16.0. The predicted octanol–water partition coefficient (Wildman–Crippen LogP) is 3.70. The van der Waals surface area contributed by atoms with Crippen LogP contribution in [-0.4, -0.2) is 58.2 Å². The summed E-state index contributed by atoms with van der Waals surface area (Å²) in [5.41, 5.74) is 1.67. The van der Waals surface area contributed by atoms with Gasteiger partial charge in [0.05, 0.1) is 16.3 Å². The molecule has 0 aliphatic carbocycles. The molecule has 27 heavy (non-hydrogen) atoms. The summed E-state index contributed by atoms with van der Waals surface area (Å²) in [6, 6.07) is 8.21. The number of thiophene rings is 1. The summed E-state index contributed by atoms with van der Waals surface area (Å²) in [6.07, 6.45) is 1.01. The Bertz CT molecular complexity index is 962. The van der Waals surface area contributed by atoms with Crippen molar-refractivity contribution in [2.45, 2.75) is 20.3 Å². The molecule has 1 fully saturated rings. The molecular formula is C20H23FN4OS. The molecule has 142 valence electrons. The number of amides is 1. The second-order valence-corrected chi connectivity index (χ2v) is 7.91. The Morgan fingerprint density at radius 3 is 2.70 bits per heavy atom. The Morgan fingerprint density at radius 2 is 1.96 bits per heavy atom. The SMILES string of the molecule is CCN1CCCN(C(=O)c2cc3c(C)nn(-c4ccc(F)cc4)c3s2)CC1. The van der Waals surface area contributed by atoms with Crippen molar-refractivity contribution in [2.24, 2.45) is 0 Å². The molecule has 3 aromatic rings. The largest absolute Gasteiger partial charge is 0.337 e. The van der Waals surface area contributed by atoms with Gasteiger partial charge in [-0.25, -0.2) is 9.07 Å². The van der Waals surface area contributed by atoms with Crippen molar-refractivity contribution in [3.8, 4) is 5.69 Å². The van der Waals surface area contributed by atoms with Gasteiger partial charge < -0.3 is 9.80 Å². The van der Waals surface area contributed by atoms with Crippen molar-refractivity contribution in [3.63, 3.8) is 0 Å². The van der Waals surface area contributed by atoms with Crippen LogP contribution in [0, 0.1) is 12.7 Å². The first-order chi connectivity index (χ1) is 13.1. The van der Waals surface area contributed by atoms with Gasteiger partial charge in [-0.2, -0.15) is 5.10 Å². The molecule has 1 amide bonds. The minimum absolute atomic E-state index is 0.0965. The lowest BCUT2D eigenvalue weighted by molar-refractivity contribution is 0.0766. The second kappa shape index (κ2) is 7.40. The number of carbonyl (C=O) groups excluding carboxylic acids is 1. The van der Waals surface area contributed by atoms with E-state index >= 15 is 0 Å². The Morgan fingerprint density at radius 1 is 1.19 bits per heavy atom. The first kappa shape index (κ1) is 18.1. The van der Waals surface area contributed by atoms with Gasteiger partial charge in [0.2, 0.25) is 0 Å². The molecule has 5 nitrogen and oxygen atoms in total. The zero-order chi connectivity index (χ0) is 19.0. The maximum Gasteiger partial charge on any atom is 0.264 e. The minimum Gasteiger partial charge on any atom is -0.337 e. The fraction of sp³-hybridized carbons (Fsp3) is 0.400. The van der Waals surface area contributed by atoms with Gasteiger partial charge in [-0.15, -0.1) is 11.3 Å². The van der Waals surface area contributed by atoms with Crippen LogP contribution in [0.15, 0.2) is 30.3 Å². The van der Waals surface area contributed by atoms with E-state index in [0.29, 0.717) is 0 Å². The first-order valence-electron chi connectivity index (χ1n) is 9.33. The minimum atomic E-state index is -0.275. The van der Waals surface area contributed by atoms with Crippen LogP contribution in [0.25, 0.3) is 15.9 Å².